The van der Waals surface area contributed by atoms with Crippen molar-refractivity contribution in [3.63, 3.8) is 0 Å². The summed E-state index contributed by atoms with van der Waals surface area (Å²) in [6.07, 6.45) is 7.36. The van der Waals surface area contributed by atoms with Crippen molar-refractivity contribution in [3.8, 4) is 0 Å². The molecule has 6 atom stereocenters. The number of rotatable bonds is 8. The first-order chi connectivity index (χ1) is 28.0. The summed E-state index contributed by atoms with van der Waals surface area (Å²) in [5, 5.41) is 41.1. The highest BCUT2D eigenvalue weighted by molar-refractivity contribution is 6.31. The Morgan fingerprint density at radius 2 is 1.57 bits per heavy atom. The zero-order valence-corrected chi connectivity index (χ0v) is 34.4. The van der Waals surface area contributed by atoms with Gasteiger partial charge in [0.2, 0.25) is 5.91 Å². The van der Waals surface area contributed by atoms with E-state index in [0.29, 0.717) is 23.0 Å². The molecule has 4 heterocycles. The Hall–Kier alpha value is -4.32. The van der Waals surface area contributed by atoms with Crippen LogP contribution >= 0.6 is 23.2 Å². The number of carbonyl (C=O) groups excluding carboxylic acids is 1. The molecule has 10 nitrogen and oxygen atoms in total. The van der Waals surface area contributed by atoms with E-state index in [2.05, 4.69) is 61.7 Å². The van der Waals surface area contributed by atoms with Crippen LogP contribution in [0, 0.1) is 5.41 Å². The first kappa shape index (κ1) is 39.2. The highest BCUT2D eigenvalue weighted by Gasteiger charge is 2.76. The Kier molecular flexibility index (Phi) is 10.4. The number of aromatic nitrogens is 4. The molecule has 302 valence electrons. The minimum absolute atomic E-state index is 0.0101. The number of aliphatic hydroxyl groups excluding tert-OH is 2. The van der Waals surface area contributed by atoms with Crippen molar-refractivity contribution in [2.24, 2.45) is 5.41 Å². The van der Waals surface area contributed by atoms with Gasteiger partial charge in [0, 0.05) is 40.3 Å². The van der Waals surface area contributed by atoms with Gasteiger partial charge in [0.1, 0.15) is 23.5 Å². The van der Waals surface area contributed by atoms with E-state index in [0.717, 1.165) is 72.3 Å². The fourth-order valence-electron chi connectivity index (χ4n) is 11.4. The number of likely N-dealkylation sites (tertiary alicyclic amines) is 1. The topological polar surface area (TPSA) is 139 Å². The van der Waals surface area contributed by atoms with Gasteiger partial charge in [-0.1, -0.05) is 104 Å². The van der Waals surface area contributed by atoms with Crippen molar-refractivity contribution in [1.29, 1.82) is 0 Å². The van der Waals surface area contributed by atoms with E-state index in [1.807, 2.05) is 78.9 Å². The van der Waals surface area contributed by atoms with Crippen LogP contribution in [-0.4, -0.2) is 65.0 Å². The second kappa shape index (κ2) is 15.4. The third kappa shape index (κ3) is 6.52. The SMILES string of the molecule is CC1(C)CCC2(CC1)N([C@H](c1ccccc1)[C@@H](O)c1ccccc1)[C@@H](C(=O)NC1CCC(c3ncn[nH]3)CC1)[C@H](c1ccnc(Cl)c1)[C@@]21c2ccc(Cl)cc2NC1O. The van der Waals surface area contributed by atoms with Crippen molar-refractivity contribution >= 4 is 34.8 Å². The number of hydrogen-bond acceptors (Lipinski definition) is 8. The van der Waals surface area contributed by atoms with Gasteiger partial charge in [0.05, 0.1) is 23.6 Å². The second-order valence-corrected chi connectivity index (χ2v) is 18.5. The zero-order valence-electron chi connectivity index (χ0n) is 32.9. The Balaban J connectivity index is 1.29. The number of anilines is 1. The molecule has 1 saturated heterocycles. The number of benzene rings is 3. The normalized spacial score (nSPS) is 28.5. The average Bonchev–Trinajstić information content (AvgIpc) is 3.93. The Bertz CT molecular complexity index is 2220. The van der Waals surface area contributed by atoms with Crippen molar-refractivity contribution in [2.45, 2.75) is 118 Å². The summed E-state index contributed by atoms with van der Waals surface area (Å²) in [4.78, 5) is 27.1. The molecule has 3 fully saturated rings. The summed E-state index contributed by atoms with van der Waals surface area (Å²) in [5.41, 5.74) is 2.10. The van der Waals surface area contributed by atoms with Crippen LogP contribution in [0.5, 0.6) is 0 Å². The molecular weight excluding hydrogens is 769 g/mol. The van der Waals surface area contributed by atoms with Gasteiger partial charge < -0.3 is 20.8 Å². The predicted octanol–water partition coefficient (Wildman–Crippen LogP) is 8.61. The number of nitrogens with one attached hydrogen (secondary N) is 3. The summed E-state index contributed by atoms with van der Waals surface area (Å²) >= 11 is 13.5. The molecule has 9 rings (SSSR count). The fourth-order valence-corrected chi connectivity index (χ4v) is 11.8. The third-order valence-corrected chi connectivity index (χ3v) is 14.5. The second-order valence-electron chi connectivity index (χ2n) is 17.7. The lowest BCUT2D eigenvalue weighted by atomic mass is 9.52. The minimum atomic E-state index is -1.12. The van der Waals surface area contributed by atoms with Crippen LogP contribution in [0.1, 0.15) is 117 Å². The van der Waals surface area contributed by atoms with Crippen LogP contribution < -0.4 is 10.6 Å². The molecule has 0 bridgehead atoms. The molecular formula is C46H51Cl2N7O3. The number of carbonyl (C=O) groups is 1. The van der Waals surface area contributed by atoms with E-state index in [9.17, 15) is 10.2 Å². The number of halogens is 2. The Morgan fingerprint density at radius 1 is 0.879 bits per heavy atom. The maximum atomic E-state index is 15.9. The predicted molar refractivity (Wildman–Crippen MR) is 225 cm³/mol. The molecule has 0 radical (unpaired) electrons. The van der Waals surface area contributed by atoms with Crippen LogP contribution in [0.3, 0.4) is 0 Å². The first-order valence-corrected chi connectivity index (χ1v) is 21.4. The quantitative estimate of drug-likeness (QED) is 0.0982. The van der Waals surface area contributed by atoms with Crippen LogP contribution in [0.2, 0.25) is 10.2 Å². The molecule has 4 aliphatic rings. The largest absolute Gasteiger partial charge is 0.386 e. The lowest BCUT2D eigenvalue weighted by Crippen LogP contribution is -2.65. The average molecular weight is 821 g/mol. The Morgan fingerprint density at radius 3 is 2.22 bits per heavy atom. The van der Waals surface area contributed by atoms with Gasteiger partial charge in [-0.3, -0.25) is 14.8 Å². The molecule has 5 N–H and O–H groups in total. The number of hydrogen-bond donors (Lipinski definition) is 5. The molecule has 12 heteroatoms. The molecule has 58 heavy (non-hydrogen) atoms. The van der Waals surface area contributed by atoms with Gasteiger partial charge in [0.25, 0.3) is 0 Å². The summed E-state index contributed by atoms with van der Waals surface area (Å²) in [7, 11) is 0. The van der Waals surface area contributed by atoms with E-state index in [-0.39, 0.29) is 23.3 Å². The number of pyridine rings is 1. The maximum Gasteiger partial charge on any atom is 0.238 e. The molecule has 1 unspecified atom stereocenters. The Labute approximate surface area is 349 Å². The fraction of sp³-hybridized carbons (Fsp3) is 0.435. The van der Waals surface area contributed by atoms with Crippen molar-refractivity contribution < 1.29 is 15.0 Å². The molecule has 2 spiro atoms. The van der Waals surface area contributed by atoms with Gasteiger partial charge in [-0.15, -0.1) is 0 Å². The molecule has 2 aromatic heterocycles. The van der Waals surface area contributed by atoms with Crippen molar-refractivity contribution in [2.75, 3.05) is 5.32 Å². The number of H-pyrrole nitrogens is 1. The minimum Gasteiger partial charge on any atom is -0.386 e. The van der Waals surface area contributed by atoms with Crippen molar-refractivity contribution in [3.05, 3.63) is 142 Å². The number of aromatic amines is 1. The molecule has 2 aliphatic carbocycles. The monoisotopic (exact) mass is 819 g/mol. The van der Waals surface area contributed by atoms with Crippen LogP contribution in [0.15, 0.2) is 104 Å². The van der Waals surface area contributed by atoms with Crippen molar-refractivity contribution in [1.82, 2.24) is 30.4 Å². The van der Waals surface area contributed by atoms with E-state index < -0.39 is 41.3 Å². The maximum absolute atomic E-state index is 15.9. The van der Waals surface area contributed by atoms with Gasteiger partial charge in [-0.05, 0) is 103 Å². The van der Waals surface area contributed by atoms with Gasteiger partial charge in [-0.2, -0.15) is 5.10 Å². The van der Waals surface area contributed by atoms with E-state index in [4.69, 9.17) is 23.2 Å². The smallest absolute Gasteiger partial charge is 0.238 e. The molecule has 1 amide bonds. The van der Waals surface area contributed by atoms with E-state index in [1.165, 1.54) is 0 Å². The zero-order chi connectivity index (χ0) is 40.2. The van der Waals surface area contributed by atoms with E-state index >= 15 is 4.79 Å². The standard InChI is InChI=1S/C46H51Cl2N7O3/c1-44(2)20-22-45(23-21-44)46(34-18-15-32(47)26-35(34)53-43(46)58)37(31-19-24-49-36(48)25-31)39(42(57)52-33-16-13-30(14-17-33)41-50-27-51-54-41)55(45)38(28-9-5-3-6-10-28)40(56)29-11-7-4-8-12-29/h3-12,15,18-19,24-27,30,33,37-40,43,53,56,58H,13-14,16-17,20-23H2,1-2H3,(H,52,57)(H,50,51,54)/t30?,33?,37-,38+,39+,40-,43?,46+/m0/s1. The van der Waals surface area contributed by atoms with Crippen LogP contribution in [0.4, 0.5) is 5.69 Å². The molecule has 2 saturated carbocycles. The van der Waals surface area contributed by atoms with E-state index in [1.54, 1.807) is 12.5 Å². The van der Waals surface area contributed by atoms with Crippen LogP contribution in [0.25, 0.3) is 0 Å². The lowest BCUT2D eigenvalue weighted by molar-refractivity contribution is -0.134. The van der Waals surface area contributed by atoms with Gasteiger partial charge >= 0.3 is 0 Å². The highest BCUT2D eigenvalue weighted by atomic mass is 35.5. The lowest BCUT2D eigenvalue weighted by Gasteiger charge is -2.57. The summed E-state index contributed by atoms with van der Waals surface area (Å²) in [6, 6.07) is 27.8. The molecule has 2 aliphatic heterocycles. The van der Waals surface area contributed by atoms with Gasteiger partial charge in [-0.25, -0.2) is 9.97 Å². The first-order valence-electron chi connectivity index (χ1n) is 20.6. The number of amides is 1. The third-order valence-electron chi connectivity index (χ3n) is 14.1. The summed E-state index contributed by atoms with van der Waals surface area (Å²) in [5.74, 6) is 0.346. The molecule has 3 aromatic carbocycles. The van der Waals surface area contributed by atoms with Crippen LogP contribution in [-0.2, 0) is 10.2 Å². The molecule has 5 aromatic rings. The highest BCUT2D eigenvalue weighted by Crippen LogP contribution is 2.70. The number of fused-ring (bicyclic) bond motifs is 3. The summed E-state index contributed by atoms with van der Waals surface area (Å²) < 4.78 is 0. The summed E-state index contributed by atoms with van der Waals surface area (Å²) in [6.45, 7) is 4.60. The number of aliphatic hydroxyl groups is 2. The van der Waals surface area contributed by atoms with Gasteiger partial charge in [0.15, 0.2) is 0 Å². The number of nitrogens with zero attached hydrogens (tertiary/aromatic N) is 4.